The van der Waals surface area contributed by atoms with Crippen LogP contribution < -0.4 is 27.2 Å². The van der Waals surface area contributed by atoms with Crippen LogP contribution in [0.5, 0.6) is 5.75 Å². The van der Waals surface area contributed by atoms with Crippen LogP contribution in [0.1, 0.15) is 61.8 Å². The minimum atomic E-state index is -4.60. The van der Waals surface area contributed by atoms with Crippen molar-refractivity contribution < 1.29 is 37.1 Å². The molecule has 1 unspecified atom stereocenters. The fraction of sp³-hybridized carbons (Fsp3) is 0.516. The molecule has 1 aromatic carbocycles. The molecule has 2 aliphatic rings. The van der Waals surface area contributed by atoms with Crippen LogP contribution in [0.15, 0.2) is 66.1 Å². The topological polar surface area (TPSA) is 297 Å². The van der Waals surface area contributed by atoms with Crippen molar-refractivity contribution in [2.45, 2.75) is 89.8 Å². The Morgan fingerprint density at radius 1 is 0.852 bits per heavy atom. The summed E-state index contributed by atoms with van der Waals surface area (Å²) < 4.78 is 50.9. The van der Waals surface area contributed by atoms with E-state index in [1.54, 1.807) is 12.1 Å². The Balaban J connectivity index is 1.35. The first kappa shape index (κ1) is 39.9. The van der Waals surface area contributed by atoms with E-state index in [9.17, 15) is 39.6 Å². The molecule has 0 amide bonds. The first-order valence-corrected chi connectivity index (χ1v) is 18.2. The van der Waals surface area contributed by atoms with E-state index in [2.05, 4.69) is 30.0 Å². The Morgan fingerprint density at radius 3 is 1.78 bits per heavy atom. The molecule has 22 nitrogen and oxygen atoms in total. The summed E-state index contributed by atoms with van der Waals surface area (Å²) in [6.07, 6.45) is -0.666. The van der Waals surface area contributed by atoms with Crippen molar-refractivity contribution in [3.63, 3.8) is 0 Å². The minimum Gasteiger partial charge on any atom is -0.427 e. The molecule has 5 rings (SSSR count). The van der Waals surface area contributed by atoms with E-state index in [0.29, 0.717) is 12.0 Å². The van der Waals surface area contributed by atoms with E-state index >= 15 is 0 Å². The number of hydrogen-bond donors (Lipinski definition) is 2. The van der Waals surface area contributed by atoms with Gasteiger partial charge in [-0.3, -0.25) is 47.1 Å². The van der Waals surface area contributed by atoms with Crippen LogP contribution in [-0.4, -0.2) is 62.6 Å². The molecule has 7 atom stereocenters. The number of esters is 1. The zero-order chi connectivity index (χ0) is 39.0. The summed E-state index contributed by atoms with van der Waals surface area (Å²) in [4.78, 5) is 70.9. The number of carbonyl (C=O) groups is 1. The average molecular weight is 773 g/mol. The quantitative estimate of drug-likeness (QED) is 0.0526. The van der Waals surface area contributed by atoms with Crippen LogP contribution in [0, 0.1) is 13.8 Å². The number of rotatable bonds is 16. The van der Waals surface area contributed by atoms with Gasteiger partial charge in [-0.05, 0) is 49.0 Å². The van der Waals surface area contributed by atoms with Crippen LogP contribution in [-0.2, 0) is 39.0 Å². The van der Waals surface area contributed by atoms with Gasteiger partial charge in [0.05, 0.1) is 44.1 Å². The summed E-state index contributed by atoms with van der Waals surface area (Å²) in [6.45, 7) is 3.45. The largest absolute Gasteiger partial charge is 0.475 e. The number of H-pyrrole nitrogens is 2. The smallest absolute Gasteiger partial charge is 0.427 e. The molecule has 54 heavy (non-hydrogen) atoms. The lowest BCUT2D eigenvalue weighted by Crippen LogP contribution is -2.33. The molecule has 0 spiro atoms. The van der Waals surface area contributed by atoms with Crippen molar-refractivity contribution in [3.8, 4) is 5.75 Å². The molecule has 0 radical (unpaired) electrons. The lowest BCUT2D eigenvalue weighted by molar-refractivity contribution is -0.134. The van der Waals surface area contributed by atoms with Gasteiger partial charge in [-0.2, -0.15) is 0 Å². The fourth-order valence-corrected chi connectivity index (χ4v) is 6.87. The third-order valence-corrected chi connectivity index (χ3v) is 9.89. The van der Waals surface area contributed by atoms with Gasteiger partial charge in [-0.15, -0.1) is 0 Å². The van der Waals surface area contributed by atoms with Crippen molar-refractivity contribution in [1.29, 1.82) is 0 Å². The Bertz CT molecular complexity index is 2110. The predicted molar refractivity (Wildman–Crippen MR) is 186 cm³/mol. The highest BCUT2D eigenvalue weighted by molar-refractivity contribution is 7.48. The van der Waals surface area contributed by atoms with Crippen LogP contribution in [0.25, 0.3) is 20.9 Å². The highest BCUT2D eigenvalue weighted by Gasteiger charge is 2.42. The normalized spacial score (nSPS) is 23.2. The van der Waals surface area contributed by atoms with E-state index < -0.39 is 86.3 Å². The van der Waals surface area contributed by atoms with Crippen LogP contribution >= 0.6 is 7.82 Å². The van der Waals surface area contributed by atoms with Gasteiger partial charge in [0.15, 0.2) is 0 Å². The number of aromatic nitrogens is 4. The molecule has 0 aliphatic carbocycles. The molecule has 2 fully saturated rings. The number of nitrogens with one attached hydrogen (secondary N) is 2. The second-order valence-electron chi connectivity index (χ2n) is 12.4. The molecule has 2 aliphatic heterocycles. The van der Waals surface area contributed by atoms with E-state index in [0.717, 1.165) is 9.13 Å². The molecule has 0 saturated carbocycles. The zero-order valence-corrected chi connectivity index (χ0v) is 30.2. The second-order valence-corrected chi connectivity index (χ2v) is 14.1. The van der Waals surface area contributed by atoms with Gasteiger partial charge >= 0.3 is 25.2 Å². The lowest BCUT2D eigenvalue weighted by atomic mass is 10.1. The molecular formula is C31H37N10O12P. The summed E-state index contributed by atoms with van der Waals surface area (Å²) in [5, 5.41) is 7.49. The van der Waals surface area contributed by atoms with E-state index in [4.69, 9.17) is 27.8 Å². The highest BCUT2D eigenvalue weighted by Crippen LogP contribution is 2.52. The molecule has 23 heteroatoms. The number of aryl methyl sites for hydroxylation is 2. The molecule has 2 aromatic heterocycles. The standard InChI is InChI=1S/C31H37N10O12P/c1-4-5-27(42)51-20-8-6-19(7-9-20)14-48-54(47,49-15-23-21(36-38-32)10-25(52-23)40-12-17(2)28(43)34-30(40)45)50-16-24-22(37-39-33)11-26(53-24)41-13-18(3)29(44)35-31(41)46/h6-9,12-13,21-26H,4-5,10-11,14-16H2,1-3H3,(H,34,43,45)(H,35,44,46)/t21-,22+,23+,24-,25+,26-,54?. The van der Waals surface area contributed by atoms with Crippen LogP contribution in [0.3, 0.4) is 0 Å². The van der Waals surface area contributed by atoms with Crippen molar-refractivity contribution in [2.75, 3.05) is 13.2 Å². The van der Waals surface area contributed by atoms with Crippen LogP contribution in [0.2, 0.25) is 0 Å². The molecule has 4 heterocycles. The van der Waals surface area contributed by atoms with Crippen molar-refractivity contribution in [1.82, 2.24) is 19.1 Å². The highest BCUT2D eigenvalue weighted by atomic mass is 31.2. The number of carbonyl (C=O) groups excluding carboxylic acids is 1. The SMILES string of the molecule is CCCC(=O)Oc1ccc(COP(=O)(OC[C@@H]2O[C@H](n3cc(C)c(=O)[nH]c3=O)C[C@H]2N=[N+]=[N-])OC[C@H]2O[C@@H](n3cc(C)c(=O)[nH]c3=O)C[C@@H]2N=[N+]=[N-])cc1. The molecule has 3 aromatic rings. The maximum atomic E-state index is 14.2. The second kappa shape index (κ2) is 17.7. The van der Waals surface area contributed by atoms with E-state index in [1.807, 2.05) is 6.92 Å². The van der Waals surface area contributed by atoms with Crippen molar-refractivity contribution >= 4 is 13.8 Å². The van der Waals surface area contributed by atoms with Gasteiger partial charge in [0, 0.05) is 52.6 Å². The van der Waals surface area contributed by atoms with Gasteiger partial charge in [0.2, 0.25) is 0 Å². The monoisotopic (exact) mass is 772 g/mol. The third-order valence-electron chi connectivity index (χ3n) is 8.51. The van der Waals surface area contributed by atoms with Crippen molar-refractivity contribution in [2.24, 2.45) is 10.2 Å². The number of phosphoric ester groups is 1. The number of aromatic amines is 2. The van der Waals surface area contributed by atoms with Gasteiger partial charge in [-0.1, -0.05) is 29.3 Å². The predicted octanol–water partition coefficient (Wildman–Crippen LogP) is 3.70. The first-order valence-electron chi connectivity index (χ1n) is 16.7. The summed E-state index contributed by atoms with van der Waals surface area (Å²) in [7, 11) is -4.60. The summed E-state index contributed by atoms with van der Waals surface area (Å²) in [6, 6.07) is 4.35. The Hall–Kier alpha value is -5.30. The number of hydrogen-bond acceptors (Lipinski definition) is 14. The lowest BCUT2D eigenvalue weighted by Gasteiger charge is -2.23. The number of nitrogens with zero attached hydrogens (tertiary/aromatic N) is 8. The maximum Gasteiger partial charge on any atom is 0.475 e. The Morgan fingerprint density at radius 2 is 1.33 bits per heavy atom. The van der Waals surface area contributed by atoms with Crippen molar-refractivity contribution in [3.05, 3.63) is 116 Å². The summed E-state index contributed by atoms with van der Waals surface area (Å²) >= 11 is 0. The average Bonchev–Trinajstić information content (AvgIpc) is 3.73. The fourth-order valence-electron chi connectivity index (χ4n) is 5.68. The number of ether oxygens (including phenoxy) is 3. The Labute approximate surface area is 304 Å². The zero-order valence-electron chi connectivity index (χ0n) is 29.3. The summed E-state index contributed by atoms with van der Waals surface area (Å²) in [5.41, 5.74) is 16.7. The molecule has 0 bridgehead atoms. The molecule has 288 valence electrons. The van der Waals surface area contributed by atoms with E-state index in [-0.39, 0.29) is 42.7 Å². The number of azide groups is 2. The Kier molecular flexibility index (Phi) is 13.1. The van der Waals surface area contributed by atoms with E-state index in [1.165, 1.54) is 38.4 Å². The van der Waals surface area contributed by atoms with Gasteiger partial charge in [0.1, 0.15) is 18.2 Å². The number of phosphoric acid groups is 1. The summed E-state index contributed by atoms with van der Waals surface area (Å²) in [5.74, 6) is -0.116. The molecule has 2 N–H and O–H groups in total. The van der Waals surface area contributed by atoms with Gasteiger partial charge in [-0.25, -0.2) is 14.2 Å². The maximum absolute atomic E-state index is 14.2. The molecule has 2 saturated heterocycles. The number of benzene rings is 1. The van der Waals surface area contributed by atoms with Crippen LogP contribution in [0.4, 0.5) is 0 Å². The van der Waals surface area contributed by atoms with Gasteiger partial charge < -0.3 is 14.2 Å². The van der Waals surface area contributed by atoms with Gasteiger partial charge in [0.25, 0.3) is 11.1 Å². The first-order chi connectivity index (χ1) is 25.8. The third kappa shape index (κ3) is 9.81. The molecular weight excluding hydrogens is 735 g/mol. The minimum absolute atomic E-state index is 0.000582.